The van der Waals surface area contributed by atoms with Crippen LogP contribution in [0.25, 0.3) is 0 Å². The van der Waals surface area contributed by atoms with E-state index >= 15 is 0 Å². The van der Waals surface area contributed by atoms with Gasteiger partial charge in [-0.2, -0.15) is 4.72 Å². The molecule has 0 aliphatic rings. The van der Waals surface area contributed by atoms with Crippen molar-refractivity contribution in [2.45, 2.75) is 22.1 Å². The Morgan fingerprint density at radius 3 is 2.33 bits per heavy atom. The maximum absolute atomic E-state index is 14.1. The lowest BCUT2D eigenvalue weighted by atomic mass is 10.3. The van der Waals surface area contributed by atoms with Gasteiger partial charge in [-0.15, -0.1) is 11.8 Å². The Labute approximate surface area is 160 Å². The number of hydrogen-bond acceptors (Lipinski definition) is 5. The zero-order chi connectivity index (χ0) is 20.0. The van der Waals surface area contributed by atoms with Crippen LogP contribution in [-0.4, -0.2) is 33.4 Å². The number of rotatable bonds is 8. The number of thioether (sulfide) groups is 1. The van der Waals surface area contributed by atoms with E-state index in [1.165, 1.54) is 19.2 Å². The summed E-state index contributed by atoms with van der Waals surface area (Å²) < 4.78 is 59.9. The lowest BCUT2D eigenvalue weighted by molar-refractivity contribution is -0.122. The minimum absolute atomic E-state index is 0.0905. The molecule has 10 heteroatoms. The number of carbonyl (C=O) groups excluding carboxylic acids is 1. The second kappa shape index (κ2) is 9.16. The summed E-state index contributed by atoms with van der Waals surface area (Å²) in [5.41, 5.74) is 0. The molecule has 0 aromatic heterocycles. The molecule has 0 aliphatic carbocycles. The van der Waals surface area contributed by atoms with Gasteiger partial charge in [0.2, 0.25) is 10.0 Å². The maximum atomic E-state index is 14.1. The van der Waals surface area contributed by atoms with E-state index in [2.05, 4.69) is 10.0 Å². The molecular weight excluding hydrogens is 398 g/mol. The largest absolute Gasteiger partial charge is 0.478 e. The summed E-state index contributed by atoms with van der Waals surface area (Å²) in [6.45, 7) is 1.03. The van der Waals surface area contributed by atoms with Crippen molar-refractivity contribution in [3.63, 3.8) is 0 Å². The summed E-state index contributed by atoms with van der Waals surface area (Å²) >= 11 is 0.926. The van der Waals surface area contributed by atoms with E-state index in [-0.39, 0.29) is 9.79 Å². The topological polar surface area (TPSA) is 84.5 Å². The second-order valence-corrected chi connectivity index (χ2v) is 8.50. The average Bonchev–Trinajstić information content (AvgIpc) is 2.61. The first-order valence-electron chi connectivity index (χ1n) is 7.79. The molecule has 0 spiro atoms. The highest BCUT2D eigenvalue weighted by atomic mass is 32.2. The number of ether oxygens (including phenoxy) is 1. The van der Waals surface area contributed by atoms with Gasteiger partial charge in [-0.1, -0.05) is 18.2 Å². The zero-order valence-electron chi connectivity index (χ0n) is 14.5. The molecule has 0 fully saturated rings. The van der Waals surface area contributed by atoms with Gasteiger partial charge >= 0.3 is 0 Å². The van der Waals surface area contributed by atoms with Crippen LogP contribution in [0.2, 0.25) is 0 Å². The third-order valence-electron chi connectivity index (χ3n) is 3.29. The first kappa shape index (κ1) is 21.1. The van der Waals surface area contributed by atoms with Gasteiger partial charge in [-0.25, -0.2) is 17.2 Å². The van der Waals surface area contributed by atoms with Crippen molar-refractivity contribution in [3.05, 3.63) is 54.1 Å². The third-order valence-corrected chi connectivity index (χ3v) is 5.97. The van der Waals surface area contributed by atoms with Crippen LogP contribution < -0.4 is 14.8 Å². The normalized spacial score (nSPS) is 12.4. The van der Waals surface area contributed by atoms with Crippen molar-refractivity contribution in [1.29, 1.82) is 0 Å². The smallest absolute Gasteiger partial charge is 0.257 e. The summed E-state index contributed by atoms with van der Waals surface area (Å²) in [4.78, 5) is 11.4. The van der Waals surface area contributed by atoms with Crippen LogP contribution in [0.1, 0.15) is 6.92 Å². The van der Waals surface area contributed by atoms with Crippen LogP contribution in [0.5, 0.6) is 5.75 Å². The van der Waals surface area contributed by atoms with Crippen LogP contribution in [0.15, 0.2) is 52.3 Å². The van der Waals surface area contributed by atoms with Gasteiger partial charge in [0.15, 0.2) is 24.0 Å². The molecular formula is C17H18F2N2O4S2. The van der Waals surface area contributed by atoms with Gasteiger partial charge in [0, 0.05) is 11.9 Å². The summed E-state index contributed by atoms with van der Waals surface area (Å²) in [5.74, 6) is -3.17. The fourth-order valence-corrected chi connectivity index (χ4v) is 4.48. The lowest BCUT2D eigenvalue weighted by Gasteiger charge is -2.15. The monoisotopic (exact) mass is 416 g/mol. The molecule has 2 rings (SSSR count). The van der Waals surface area contributed by atoms with E-state index in [0.29, 0.717) is 0 Å². The van der Waals surface area contributed by atoms with Crippen molar-refractivity contribution in [2.75, 3.05) is 13.7 Å². The van der Waals surface area contributed by atoms with E-state index in [4.69, 9.17) is 4.74 Å². The van der Waals surface area contributed by atoms with Crippen LogP contribution in [0, 0.1) is 11.6 Å². The van der Waals surface area contributed by atoms with Crippen molar-refractivity contribution in [1.82, 2.24) is 10.0 Å². The average molecular weight is 416 g/mol. The fraction of sp³-hybridized carbons (Fsp3) is 0.235. The van der Waals surface area contributed by atoms with Crippen LogP contribution in [0.4, 0.5) is 8.78 Å². The number of likely N-dealkylation sites (N-methyl/N-ethyl adjacent to an activating group) is 1. The SMILES string of the molecule is CNC(=O)COc1c(F)cc(SC(C)NS(=O)(=O)c2ccccc2)cc1F. The van der Waals surface area contributed by atoms with Crippen molar-refractivity contribution >= 4 is 27.7 Å². The Morgan fingerprint density at radius 1 is 1.19 bits per heavy atom. The Balaban J connectivity index is 2.07. The highest BCUT2D eigenvalue weighted by Crippen LogP contribution is 2.30. The maximum Gasteiger partial charge on any atom is 0.257 e. The summed E-state index contributed by atoms with van der Waals surface area (Å²) in [6, 6.07) is 9.79. The van der Waals surface area contributed by atoms with Crippen molar-refractivity contribution in [3.8, 4) is 5.75 Å². The van der Waals surface area contributed by atoms with Crippen LogP contribution in [-0.2, 0) is 14.8 Å². The summed E-state index contributed by atoms with van der Waals surface area (Å²) in [6.07, 6.45) is 0. The molecule has 1 unspecified atom stereocenters. The van der Waals surface area contributed by atoms with Crippen molar-refractivity contribution in [2.24, 2.45) is 0 Å². The third kappa shape index (κ3) is 5.91. The van der Waals surface area contributed by atoms with Gasteiger partial charge in [0.25, 0.3) is 5.91 Å². The van der Waals surface area contributed by atoms with Crippen LogP contribution in [0.3, 0.4) is 0 Å². The number of nitrogens with one attached hydrogen (secondary N) is 2. The molecule has 0 heterocycles. The molecule has 1 amide bonds. The highest BCUT2D eigenvalue weighted by Gasteiger charge is 2.20. The van der Waals surface area contributed by atoms with Gasteiger partial charge in [0.1, 0.15) is 0 Å². The van der Waals surface area contributed by atoms with Gasteiger partial charge in [-0.05, 0) is 31.2 Å². The predicted octanol–water partition coefficient (Wildman–Crippen LogP) is 2.51. The standard InChI is InChI=1S/C17H18F2N2O4S2/c1-11(21-27(23,24)13-6-4-3-5-7-13)26-12-8-14(18)17(15(19)9-12)25-10-16(22)20-2/h3-9,11,21H,10H2,1-2H3,(H,20,22). The van der Waals surface area contributed by atoms with Gasteiger partial charge in [-0.3, -0.25) is 4.79 Å². The number of sulfonamides is 1. The number of halogens is 2. The quantitative estimate of drug-likeness (QED) is 0.510. The number of carbonyl (C=O) groups is 1. The lowest BCUT2D eigenvalue weighted by Crippen LogP contribution is -2.30. The van der Waals surface area contributed by atoms with Crippen LogP contribution >= 0.6 is 11.8 Å². The molecule has 0 saturated carbocycles. The number of amides is 1. The number of benzene rings is 2. The minimum atomic E-state index is -3.76. The molecule has 1 atom stereocenters. The molecule has 2 aromatic carbocycles. The van der Waals surface area contributed by atoms with E-state index in [9.17, 15) is 22.0 Å². The molecule has 0 bridgehead atoms. The summed E-state index contributed by atoms with van der Waals surface area (Å²) in [5, 5.41) is 1.58. The molecule has 0 saturated heterocycles. The molecule has 2 N–H and O–H groups in total. The van der Waals surface area contributed by atoms with E-state index in [1.54, 1.807) is 25.1 Å². The molecule has 146 valence electrons. The summed E-state index contributed by atoms with van der Waals surface area (Å²) in [7, 11) is -2.39. The Kier molecular flexibility index (Phi) is 7.17. The first-order chi connectivity index (χ1) is 12.7. The second-order valence-electron chi connectivity index (χ2n) is 5.37. The minimum Gasteiger partial charge on any atom is -0.478 e. The molecule has 2 aromatic rings. The van der Waals surface area contributed by atoms with Crippen molar-refractivity contribution < 1.29 is 26.7 Å². The predicted molar refractivity (Wildman–Crippen MR) is 98.0 cm³/mol. The Morgan fingerprint density at radius 2 is 1.78 bits per heavy atom. The number of hydrogen-bond donors (Lipinski definition) is 2. The molecule has 27 heavy (non-hydrogen) atoms. The molecule has 0 radical (unpaired) electrons. The molecule has 0 aliphatic heterocycles. The molecule has 6 nitrogen and oxygen atoms in total. The fourth-order valence-electron chi connectivity index (χ4n) is 2.07. The Bertz CT molecular complexity index is 885. The van der Waals surface area contributed by atoms with E-state index in [0.717, 1.165) is 23.9 Å². The highest BCUT2D eigenvalue weighted by molar-refractivity contribution is 8.00. The van der Waals surface area contributed by atoms with Gasteiger partial charge < -0.3 is 10.1 Å². The zero-order valence-corrected chi connectivity index (χ0v) is 16.2. The van der Waals surface area contributed by atoms with Gasteiger partial charge in [0.05, 0.1) is 10.3 Å². The Hall–Kier alpha value is -2.17. The van der Waals surface area contributed by atoms with E-state index < -0.39 is 45.3 Å². The van der Waals surface area contributed by atoms with E-state index in [1.807, 2.05) is 0 Å². The first-order valence-corrected chi connectivity index (χ1v) is 10.2.